The molecule has 1 aliphatic rings. The SMILES string of the molecule is CC(C)(C)CC1(C)C(=O)NCC(O)NC(=O)C(C)(C)CC1(C)C. The molecule has 0 aromatic heterocycles. The van der Waals surface area contributed by atoms with Gasteiger partial charge in [-0.05, 0) is 23.7 Å². The van der Waals surface area contributed by atoms with Gasteiger partial charge >= 0.3 is 0 Å². The van der Waals surface area contributed by atoms with Gasteiger partial charge in [-0.15, -0.1) is 0 Å². The number of nitrogens with one attached hydrogen (secondary N) is 2. The molecule has 0 saturated carbocycles. The van der Waals surface area contributed by atoms with Gasteiger partial charge in [0.2, 0.25) is 11.8 Å². The summed E-state index contributed by atoms with van der Waals surface area (Å²) in [6, 6.07) is 0. The van der Waals surface area contributed by atoms with Crippen molar-refractivity contribution in [2.24, 2.45) is 21.7 Å². The van der Waals surface area contributed by atoms with Gasteiger partial charge in [0.25, 0.3) is 0 Å². The molecule has 0 spiro atoms. The van der Waals surface area contributed by atoms with E-state index in [0.717, 1.165) is 0 Å². The van der Waals surface area contributed by atoms with Crippen LogP contribution in [-0.4, -0.2) is 29.7 Å². The number of hydrogen-bond acceptors (Lipinski definition) is 3. The van der Waals surface area contributed by atoms with E-state index in [1.807, 2.05) is 20.8 Å². The van der Waals surface area contributed by atoms with E-state index >= 15 is 0 Å². The van der Waals surface area contributed by atoms with E-state index in [9.17, 15) is 14.7 Å². The molecule has 134 valence electrons. The maximum Gasteiger partial charge on any atom is 0.227 e. The fourth-order valence-corrected chi connectivity index (χ4v) is 3.85. The third-order valence-corrected chi connectivity index (χ3v) is 5.13. The van der Waals surface area contributed by atoms with Crippen LogP contribution in [0.3, 0.4) is 0 Å². The Hall–Kier alpha value is -1.10. The number of hydrogen-bond donors (Lipinski definition) is 3. The lowest BCUT2D eigenvalue weighted by Gasteiger charge is -2.49. The molecular weight excluding hydrogens is 292 g/mol. The Balaban J connectivity index is 3.34. The summed E-state index contributed by atoms with van der Waals surface area (Å²) in [5.74, 6) is -0.254. The van der Waals surface area contributed by atoms with Crippen molar-refractivity contribution in [3.8, 4) is 0 Å². The first-order valence-electron chi connectivity index (χ1n) is 8.38. The second kappa shape index (κ2) is 6.08. The molecule has 1 heterocycles. The number of aliphatic hydroxyl groups is 1. The van der Waals surface area contributed by atoms with Gasteiger partial charge in [0.1, 0.15) is 6.23 Å². The zero-order chi connectivity index (χ0) is 18.3. The fraction of sp³-hybridized carbons (Fsp3) is 0.889. The van der Waals surface area contributed by atoms with Crippen LogP contribution in [0.4, 0.5) is 0 Å². The quantitative estimate of drug-likeness (QED) is 0.692. The van der Waals surface area contributed by atoms with Crippen molar-refractivity contribution in [2.45, 2.75) is 74.5 Å². The maximum absolute atomic E-state index is 13.0. The van der Waals surface area contributed by atoms with Crippen LogP contribution in [0.2, 0.25) is 0 Å². The van der Waals surface area contributed by atoms with Crippen LogP contribution in [-0.2, 0) is 9.59 Å². The Labute approximate surface area is 140 Å². The van der Waals surface area contributed by atoms with Crippen LogP contribution in [0.5, 0.6) is 0 Å². The number of β-amino-alcohol motifs (C(OH)–C–C–N with tert-alkyl or cyclic N) is 1. The molecule has 1 aliphatic heterocycles. The molecule has 0 aromatic rings. The zero-order valence-electron chi connectivity index (χ0n) is 16.0. The summed E-state index contributed by atoms with van der Waals surface area (Å²) in [6.07, 6.45) is 0.191. The molecular formula is C18H34N2O3. The van der Waals surface area contributed by atoms with Gasteiger partial charge in [0.15, 0.2) is 0 Å². The van der Waals surface area contributed by atoms with Gasteiger partial charge in [0, 0.05) is 5.41 Å². The molecule has 0 aliphatic carbocycles. The van der Waals surface area contributed by atoms with Gasteiger partial charge in [-0.25, -0.2) is 0 Å². The second-order valence-electron chi connectivity index (χ2n) is 9.71. The Morgan fingerprint density at radius 3 is 2.09 bits per heavy atom. The minimum atomic E-state index is -1.06. The van der Waals surface area contributed by atoms with Crippen LogP contribution in [0.15, 0.2) is 0 Å². The molecule has 0 aromatic carbocycles. The summed E-state index contributed by atoms with van der Waals surface area (Å²) in [4.78, 5) is 25.4. The van der Waals surface area contributed by atoms with Crippen LogP contribution in [0.25, 0.3) is 0 Å². The van der Waals surface area contributed by atoms with E-state index in [1.54, 1.807) is 0 Å². The summed E-state index contributed by atoms with van der Waals surface area (Å²) < 4.78 is 0. The predicted molar refractivity (Wildman–Crippen MR) is 91.5 cm³/mol. The second-order valence-corrected chi connectivity index (χ2v) is 9.71. The number of carbonyl (C=O) groups excluding carboxylic acids is 2. The molecule has 2 atom stereocenters. The molecule has 0 radical (unpaired) electrons. The summed E-state index contributed by atoms with van der Waals surface area (Å²) in [5.41, 5.74) is -1.72. The molecule has 1 rings (SSSR count). The Bertz CT molecular complexity index is 477. The van der Waals surface area contributed by atoms with Crippen LogP contribution >= 0.6 is 0 Å². The normalized spacial score (nSPS) is 32.0. The average Bonchev–Trinajstić information content (AvgIpc) is 2.31. The largest absolute Gasteiger partial charge is 0.372 e. The number of amides is 2. The zero-order valence-corrected chi connectivity index (χ0v) is 16.0. The summed E-state index contributed by atoms with van der Waals surface area (Å²) in [5, 5.41) is 15.3. The number of aliphatic hydroxyl groups excluding tert-OH is 1. The van der Waals surface area contributed by atoms with E-state index < -0.39 is 17.1 Å². The van der Waals surface area contributed by atoms with E-state index in [2.05, 4.69) is 45.3 Å². The van der Waals surface area contributed by atoms with E-state index in [0.29, 0.717) is 12.8 Å². The molecule has 1 saturated heterocycles. The van der Waals surface area contributed by atoms with Gasteiger partial charge in [-0.3, -0.25) is 9.59 Å². The molecule has 3 N–H and O–H groups in total. The van der Waals surface area contributed by atoms with Gasteiger partial charge in [-0.1, -0.05) is 55.4 Å². The molecule has 5 heteroatoms. The topological polar surface area (TPSA) is 78.4 Å². The number of rotatable bonds is 1. The molecule has 5 nitrogen and oxygen atoms in total. The Kier molecular flexibility index (Phi) is 5.27. The third-order valence-electron chi connectivity index (χ3n) is 5.13. The summed E-state index contributed by atoms with van der Waals surface area (Å²) >= 11 is 0. The average molecular weight is 326 g/mol. The smallest absolute Gasteiger partial charge is 0.227 e. The highest BCUT2D eigenvalue weighted by Gasteiger charge is 2.52. The molecule has 23 heavy (non-hydrogen) atoms. The van der Waals surface area contributed by atoms with Crippen molar-refractivity contribution >= 4 is 11.8 Å². The minimum Gasteiger partial charge on any atom is -0.372 e. The van der Waals surface area contributed by atoms with E-state index in [1.165, 1.54) is 0 Å². The van der Waals surface area contributed by atoms with Crippen molar-refractivity contribution in [3.05, 3.63) is 0 Å². The van der Waals surface area contributed by atoms with Crippen molar-refractivity contribution in [1.82, 2.24) is 10.6 Å². The highest BCUT2D eigenvalue weighted by Crippen LogP contribution is 2.52. The van der Waals surface area contributed by atoms with E-state index in [4.69, 9.17) is 0 Å². The minimum absolute atomic E-state index is 0.0243. The monoisotopic (exact) mass is 326 g/mol. The lowest BCUT2D eigenvalue weighted by atomic mass is 9.55. The number of carbonyl (C=O) groups is 2. The lowest BCUT2D eigenvalue weighted by molar-refractivity contribution is -0.148. The maximum atomic E-state index is 13.0. The van der Waals surface area contributed by atoms with Crippen molar-refractivity contribution < 1.29 is 14.7 Å². The first kappa shape index (κ1) is 19.9. The Morgan fingerprint density at radius 2 is 1.61 bits per heavy atom. The molecule has 1 fully saturated rings. The van der Waals surface area contributed by atoms with Crippen molar-refractivity contribution in [1.29, 1.82) is 0 Å². The standard InChI is InChI=1S/C18H34N2O3/c1-15(2,3)10-18(8)14(23)19-9-12(21)20-13(22)16(4,5)11-17(18,6)7/h12,21H,9-11H2,1-8H3,(H,19,23)(H,20,22). The van der Waals surface area contributed by atoms with Crippen LogP contribution in [0, 0.1) is 21.7 Å². The first-order valence-corrected chi connectivity index (χ1v) is 8.38. The molecule has 2 unspecified atom stereocenters. The molecule has 2 amide bonds. The summed E-state index contributed by atoms with van der Waals surface area (Å²) in [7, 11) is 0. The highest BCUT2D eigenvalue weighted by molar-refractivity contribution is 5.85. The van der Waals surface area contributed by atoms with Gasteiger partial charge in [-0.2, -0.15) is 0 Å². The van der Waals surface area contributed by atoms with Gasteiger partial charge < -0.3 is 15.7 Å². The fourth-order valence-electron chi connectivity index (χ4n) is 3.85. The highest BCUT2D eigenvalue weighted by atomic mass is 16.3. The molecule has 0 bridgehead atoms. The van der Waals surface area contributed by atoms with Crippen LogP contribution < -0.4 is 10.6 Å². The third kappa shape index (κ3) is 4.46. The first-order chi connectivity index (χ1) is 10.1. The predicted octanol–water partition coefficient (Wildman–Crippen LogP) is 2.44. The summed E-state index contributed by atoms with van der Waals surface area (Å²) in [6.45, 7) is 16.2. The van der Waals surface area contributed by atoms with E-state index in [-0.39, 0.29) is 29.2 Å². The van der Waals surface area contributed by atoms with Crippen molar-refractivity contribution in [2.75, 3.05) is 6.54 Å². The van der Waals surface area contributed by atoms with Gasteiger partial charge in [0.05, 0.1) is 12.0 Å². The lowest BCUT2D eigenvalue weighted by Crippen LogP contribution is -2.57. The van der Waals surface area contributed by atoms with Crippen LogP contribution in [0.1, 0.15) is 68.2 Å². The Morgan fingerprint density at radius 1 is 1.09 bits per heavy atom. The van der Waals surface area contributed by atoms with Crippen molar-refractivity contribution in [3.63, 3.8) is 0 Å².